The Kier molecular flexibility index (Phi) is 4.33. The third kappa shape index (κ3) is 3.33. The first kappa shape index (κ1) is 14.0. The Hall–Kier alpha value is -2.39. The van der Waals surface area contributed by atoms with Gasteiger partial charge in [0.25, 0.3) is 5.69 Å². The zero-order valence-electron chi connectivity index (χ0n) is 10.3. The fourth-order valence-corrected chi connectivity index (χ4v) is 2.19. The lowest BCUT2D eigenvalue weighted by Gasteiger charge is -2.07. The summed E-state index contributed by atoms with van der Waals surface area (Å²) in [4.78, 5) is 10.5. The molecule has 0 fully saturated rings. The van der Waals surface area contributed by atoms with Gasteiger partial charge in [-0.1, -0.05) is 28.1 Å². The fraction of sp³-hybridized carbons (Fsp3) is 0.0714. The predicted octanol–water partition coefficient (Wildman–Crippen LogP) is 3.84. The van der Waals surface area contributed by atoms with Crippen LogP contribution in [0.1, 0.15) is 11.1 Å². The smallest absolute Gasteiger partial charge is 0.293 e. The van der Waals surface area contributed by atoms with E-state index in [9.17, 15) is 10.1 Å². The number of halogens is 1. The van der Waals surface area contributed by atoms with Gasteiger partial charge in [-0.25, -0.2) is 0 Å². The molecule has 0 saturated heterocycles. The fourth-order valence-electron chi connectivity index (χ4n) is 1.75. The number of nitrogens with zero attached hydrogens (tertiary/aromatic N) is 2. The molecule has 5 nitrogen and oxygen atoms in total. The van der Waals surface area contributed by atoms with E-state index in [0.717, 1.165) is 10.0 Å². The summed E-state index contributed by atoms with van der Waals surface area (Å²) in [6.45, 7) is 0.464. The van der Waals surface area contributed by atoms with Crippen molar-refractivity contribution in [2.45, 2.75) is 6.54 Å². The van der Waals surface area contributed by atoms with Gasteiger partial charge in [-0.2, -0.15) is 5.26 Å². The molecule has 0 amide bonds. The largest absolute Gasteiger partial charge is 0.375 e. The van der Waals surface area contributed by atoms with Crippen molar-refractivity contribution in [3.63, 3.8) is 0 Å². The standard InChI is InChI=1S/C14H10BrN3O2/c15-12-3-1-2-11(6-12)9-17-13-5-4-10(8-16)7-14(13)18(19)20/h1-7,17H,9H2. The molecule has 0 aliphatic carbocycles. The van der Waals surface area contributed by atoms with Crippen molar-refractivity contribution in [2.75, 3.05) is 5.32 Å². The number of anilines is 1. The van der Waals surface area contributed by atoms with E-state index in [4.69, 9.17) is 5.26 Å². The summed E-state index contributed by atoms with van der Waals surface area (Å²) >= 11 is 3.37. The van der Waals surface area contributed by atoms with Crippen LogP contribution in [0.5, 0.6) is 0 Å². The van der Waals surface area contributed by atoms with Crippen LogP contribution >= 0.6 is 15.9 Å². The molecule has 6 heteroatoms. The van der Waals surface area contributed by atoms with Gasteiger partial charge in [0, 0.05) is 17.1 Å². The lowest BCUT2D eigenvalue weighted by molar-refractivity contribution is -0.384. The summed E-state index contributed by atoms with van der Waals surface area (Å²) in [6.07, 6.45) is 0. The van der Waals surface area contributed by atoms with Crippen molar-refractivity contribution in [1.82, 2.24) is 0 Å². The zero-order chi connectivity index (χ0) is 14.5. The molecule has 0 bridgehead atoms. The third-order valence-corrected chi connectivity index (χ3v) is 3.19. The predicted molar refractivity (Wildman–Crippen MR) is 79.3 cm³/mol. The molecule has 20 heavy (non-hydrogen) atoms. The molecule has 2 aromatic carbocycles. The summed E-state index contributed by atoms with van der Waals surface area (Å²) in [5, 5.41) is 22.8. The van der Waals surface area contributed by atoms with Crippen molar-refractivity contribution in [3.05, 3.63) is 68.2 Å². The average Bonchev–Trinajstić information content (AvgIpc) is 2.45. The van der Waals surface area contributed by atoms with Crippen molar-refractivity contribution < 1.29 is 4.92 Å². The number of hydrogen-bond donors (Lipinski definition) is 1. The Bertz CT molecular complexity index is 695. The number of nitro groups is 1. The molecule has 0 radical (unpaired) electrons. The number of hydrogen-bond acceptors (Lipinski definition) is 4. The van der Waals surface area contributed by atoms with E-state index >= 15 is 0 Å². The maximum Gasteiger partial charge on any atom is 0.293 e. The Labute approximate surface area is 124 Å². The lowest BCUT2D eigenvalue weighted by Crippen LogP contribution is -2.03. The average molecular weight is 332 g/mol. The van der Waals surface area contributed by atoms with Gasteiger partial charge in [0.1, 0.15) is 5.69 Å². The lowest BCUT2D eigenvalue weighted by atomic mass is 10.1. The second-order valence-corrected chi connectivity index (χ2v) is 5.00. The van der Waals surface area contributed by atoms with Crippen LogP contribution in [0.25, 0.3) is 0 Å². The summed E-state index contributed by atoms with van der Waals surface area (Å²) in [6, 6.07) is 13.9. The first-order valence-corrected chi connectivity index (χ1v) is 6.56. The molecule has 2 rings (SSSR count). The van der Waals surface area contributed by atoms with Gasteiger partial charge in [0.05, 0.1) is 16.6 Å². The normalized spacial score (nSPS) is 9.80. The van der Waals surface area contributed by atoms with Crippen molar-refractivity contribution in [3.8, 4) is 6.07 Å². The highest BCUT2D eigenvalue weighted by atomic mass is 79.9. The molecule has 0 aliphatic heterocycles. The maximum atomic E-state index is 11.0. The minimum Gasteiger partial charge on any atom is -0.375 e. The van der Waals surface area contributed by atoms with E-state index in [1.807, 2.05) is 30.3 Å². The molecule has 0 saturated carbocycles. The number of rotatable bonds is 4. The van der Waals surface area contributed by atoms with Gasteiger partial charge >= 0.3 is 0 Å². The molecular weight excluding hydrogens is 322 g/mol. The van der Waals surface area contributed by atoms with Crippen LogP contribution in [0.3, 0.4) is 0 Å². The van der Waals surface area contributed by atoms with Gasteiger partial charge in [0.2, 0.25) is 0 Å². The zero-order valence-corrected chi connectivity index (χ0v) is 11.9. The van der Waals surface area contributed by atoms with E-state index in [2.05, 4.69) is 21.2 Å². The van der Waals surface area contributed by atoms with Crippen molar-refractivity contribution in [2.24, 2.45) is 0 Å². The summed E-state index contributed by atoms with van der Waals surface area (Å²) in [7, 11) is 0. The molecule has 0 aromatic heterocycles. The monoisotopic (exact) mass is 331 g/mol. The topological polar surface area (TPSA) is 79.0 Å². The minimum atomic E-state index is -0.496. The van der Waals surface area contributed by atoms with E-state index in [0.29, 0.717) is 12.2 Å². The second kappa shape index (κ2) is 6.17. The highest BCUT2D eigenvalue weighted by Gasteiger charge is 2.14. The quantitative estimate of drug-likeness (QED) is 0.681. The van der Waals surface area contributed by atoms with Gasteiger partial charge in [-0.3, -0.25) is 10.1 Å². The maximum absolute atomic E-state index is 11.0. The summed E-state index contributed by atoms with van der Waals surface area (Å²) in [5.41, 5.74) is 1.57. The highest BCUT2D eigenvalue weighted by molar-refractivity contribution is 9.10. The number of benzene rings is 2. The Morgan fingerprint density at radius 1 is 1.30 bits per heavy atom. The highest BCUT2D eigenvalue weighted by Crippen LogP contribution is 2.26. The van der Waals surface area contributed by atoms with Crippen molar-refractivity contribution >= 4 is 27.3 Å². The van der Waals surface area contributed by atoms with Gasteiger partial charge in [-0.15, -0.1) is 0 Å². The number of nitrogens with one attached hydrogen (secondary N) is 1. The minimum absolute atomic E-state index is 0.0981. The van der Waals surface area contributed by atoms with Crippen LogP contribution in [-0.2, 0) is 6.54 Å². The van der Waals surface area contributed by atoms with Gasteiger partial charge in [-0.05, 0) is 29.8 Å². The van der Waals surface area contributed by atoms with Crippen LogP contribution in [0.15, 0.2) is 46.9 Å². The molecule has 100 valence electrons. The van der Waals surface area contributed by atoms with Crippen LogP contribution < -0.4 is 5.32 Å². The molecular formula is C14H10BrN3O2. The van der Waals surface area contributed by atoms with E-state index in [1.54, 1.807) is 12.1 Å². The first-order valence-electron chi connectivity index (χ1n) is 5.77. The number of nitriles is 1. The molecule has 0 unspecified atom stereocenters. The van der Waals surface area contributed by atoms with Gasteiger partial charge < -0.3 is 5.32 Å². The molecule has 0 heterocycles. The van der Waals surface area contributed by atoms with Crippen molar-refractivity contribution in [1.29, 1.82) is 5.26 Å². The molecule has 1 N–H and O–H groups in total. The van der Waals surface area contributed by atoms with E-state index in [-0.39, 0.29) is 11.3 Å². The Morgan fingerprint density at radius 3 is 2.75 bits per heavy atom. The van der Waals surface area contributed by atoms with Crippen LogP contribution in [0, 0.1) is 21.4 Å². The Balaban J connectivity index is 2.21. The summed E-state index contributed by atoms with van der Waals surface area (Å²) < 4.78 is 0.950. The first-order chi connectivity index (χ1) is 9.60. The molecule has 2 aromatic rings. The van der Waals surface area contributed by atoms with Crippen LogP contribution in [-0.4, -0.2) is 4.92 Å². The van der Waals surface area contributed by atoms with E-state index in [1.165, 1.54) is 6.07 Å². The van der Waals surface area contributed by atoms with Crippen LogP contribution in [0.2, 0.25) is 0 Å². The molecule has 0 spiro atoms. The SMILES string of the molecule is N#Cc1ccc(NCc2cccc(Br)c2)c([N+](=O)[O-])c1. The Morgan fingerprint density at radius 2 is 2.10 bits per heavy atom. The van der Waals surface area contributed by atoms with Crippen LogP contribution in [0.4, 0.5) is 11.4 Å². The third-order valence-electron chi connectivity index (χ3n) is 2.70. The molecule has 0 aliphatic rings. The second-order valence-electron chi connectivity index (χ2n) is 4.08. The number of nitro benzene ring substituents is 1. The van der Waals surface area contributed by atoms with Gasteiger partial charge in [0.15, 0.2) is 0 Å². The molecule has 0 atom stereocenters. The van der Waals surface area contributed by atoms with E-state index < -0.39 is 4.92 Å². The summed E-state index contributed by atoms with van der Waals surface area (Å²) in [5.74, 6) is 0.